The fourth-order valence-electron chi connectivity index (χ4n) is 4.54. The van der Waals surface area contributed by atoms with Crippen LogP contribution < -0.4 is 0 Å². The van der Waals surface area contributed by atoms with E-state index in [-0.39, 0.29) is 0 Å². The maximum atomic E-state index is 4.19. The predicted octanol–water partition coefficient (Wildman–Crippen LogP) is 5.40. The van der Waals surface area contributed by atoms with Crippen molar-refractivity contribution >= 4 is 10.2 Å². The van der Waals surface area contributed by atoms with Crippen molar-refractivity contribution in [1.82, 2.24) is 0 Å². The molecule has 1 heteroatoms. The third kappa shape index (κ3) is 4.21. The highest BCUT2D eigenvalue weighted by Gasteiger charge is 2.37. The minimum atomic E-state index is 0.383. The zero-order chi connectivity index (χ0) is 14.0. The molecule has 0 nitrogen and oxygen atoms in total. The third-order valence-corrected chi connectivity index (χ3v) is 5.67. The molecule has 0 spiro atoms. The van der Waals surface area contributed by atoms with E-state index in [0.717, 1.165) is 29.6 Å². The monoisotopic (exact) mass is 275 g/mol. The zero-order valence-corrected chi connectivity index (χ0v) is 14.3. The van der Waals surface area contributed by atoms with Crippen LogP contribution in [0.25, 0.3) is 0 Å². The van der Waals surface area contributed by atoms with Gasteiger partial charge in [-0.2, -0.15) is 0 Å². The van der Waals surface area contributed by atoms with Crippen molar-refractivity contribution in [3.05, 3.63) is 12.2 Å². The SMILES string of the molecule is CC(C)CC([Si])(CCC1CC2C=CC1C2)CC(C)C. The predicted molar refractivity (Wildman–Crippen MR) is 85.4 cm³/mol. The molecule has 2 bridgehead atoms. The summed E-state index contributed by atoms with van der Waals surface area (Å²) in [4.78, 5) is 0. The second-order valence-corrected chi connectivity index (χ2v) is 9.12. The Kier molecular flexibility index (Phi) is 4.97. The molecule has 1 fully saturated rings. The standard InChI is InChI=1S/C18H31Si/c1-13(2)11-18(19,12-14(3)4)8-7-17-10-15-5-6-16(17)9-15/h5-6,13-17H,7-12H2,1-4H3. The summed E-state index contributed by atoms with van der Waals surface area (Å²) in [6.07, 6.45) is 13.3. The van der Waals surface area contributed by atoms with E-state index >= 15 is 0 Å². The van der Waals surface area contributed by atoms with Crippen LogP contribution in [0.2, 0.25) is 5.04 Å². The van der Waals surface area contributed by atoms with Crippen LogP contribution in [0.3, 0.4) is 0 Å². The van der Waals surface area contributed by atoms with Gasteiger partial charge in [0, 0.05) is 10.2 Å². The summed E-state index contributed by atoms with van der Waals surface area (Å²) < 4.78 is 0. The number of fused-ring (bicyclic) bond motifs is 2. The Bertz CT molecular complexity index is 306. The van der Waals surface area contributed by atoms with Gasteiger partial charge in [0.15, 0.2) is 0 Å². The first kappa shape index (κ1) is 15.3. The van der Waals surface area contributed by atoms with Crippen LogP contribution in [0.1, 0.15) is 66.2 Å². The molecule has 2 aliphatic carbocycles. The van der Waals surface area contributed by atoms with Crippen LogP contribution >= 0.6 is 0 Å². The Morgan fingerprint density at radius 1 is 1.05 bits per heavy atom. The van der Waals surface area contributed by atoms with Gasteiger partial charge in [-0.25, -0.2) is 0 Å². The highest BCUT2D eigenvalue weighted by Crippen LogP contribution is 2.49. The summed E-state index contributed by atoms with van der Waals surface area (Å²) in [5.74, 6) is 4.39. The summed E-state index contributed by atoms with van der Waals surface area (Å²) in [6.45, 7) is 9.43. The first-order chi connectivity index (χ1) is 8.88. The quantitative estimate of drug-likeness (QED) is 0.431. The lowest BCUT2D eigenvalue weighted by Crippen LogP contribution is -2.20. The van der Waals surface area contributed by atoms with E-state index in [4.69, 9.17) is 0 Å². The number of rotatable bonds is 7. The van der Waals surface area contributed by atoms with Gasteiger partial charge in [-0.15, -0.1) is 0 Å². The largest absolute Gasteiger partial charge is 0.0851 e. The lowest BCUT2D eigenvalue weighted by molar-refractivity contribution is 0.300. The Morgan fingerprint density at radius 3 is 2.11 bits per heavy atom. The summed E-state index contributed by atoms with van der Waals surface area (Å²) in [7, 11) is 4.19. The lowest BCUT2D eigenvalue weighted by atomic mass is 9.80. The first-order valence-electron chi connectivity index (χ1n) is 8.31. The van der Waals surface area contributed by atoms with Crippen molar-refractivity contribution in [3.8, 4) is 0 Å². The molecule has 0 aromatic carbocycles. The van der Waals surface area contributed by atoms with Gasteiger partial charge in [0.25, 0.3) is 0 Å². The van der Waals surface area contributed by atoms with Crippen LogP contribution in [0, 0.1) is 29.6 Å². The van der Waals surface area contributed by atoms with Crippen LogP contribution in [0.4, 0.5) is 0 Å². The molecule has 2 rings (SSSR count). The molecule has 3 radical (unpaired) electrons. The smallest absolute Gasteiger partial charge is 0.0313 e. The number of allylic oxidation sites excluding steroid dienone is 2. The fraction of sp³-hybridized carbons (Fsp3) is 0.889. The van der Waals surface area contributed by atoms with Crippen molar-refractivity contribution in [1.29, 1.82) is 0 Å². The lowest BCUT2D eigenvalue weighted by Gasteiger charge is -2.35. The Balaban J connectivity index is 1.87. The van der Waals surface area contributed by atoms with E-state index < -0.39 is 0 Å². The van der Waals surface area contributed by atoms with E-state index in [0.29, 0.717) is 5.04 Å². The Morgan fingerprint density at radius 2 is 1.68 bits per heavy atom. The van der Waals surface area contributed by atoms with Crippen LogP contribution in [0.15, 0.2) is 12.2 Å². The summed E-state index contributed by atoms with van der Waals surface area (Å²) in [5.41, 5.74) is 0. The van der Waals surface area contributed by atoms with Crippen LogP contribution in [-0.4, -0.2) is 10.2 Å². The van der Waals surface area contributed by atoms with Crippen molar-refractivity contribution in [2.75, 3.05) is 0 Å². The van der Waals surface area contributed by atoms with Gasteiger partial charge < -0.3 is 0 Å². The minimum absolute atomic E-state index is 0.383. The Labute approximate surface area is 123 Å². The van der Waals surface area contributed by atoms with Crippen molar-refractivity contribution in [2.24, 2.45) is 29.6 Å². The molecular weight excluding hydrogens is 244 g/mol. The molecule has 2 aliphatic rings. The van der Waals surface area contributed by atoms with E-state index in [2.05, 4.69) is 50.1 Å². The maximum absolute atomic E-state index is 4.19. The molecule has 0 aromatic heterocycles. The highest BCUT2D eigenvalue weighted by atomic mass is 28.1. The molecule has 1 saturated carbocycles. The van der Waals surface area contributed by atoms with E-state index in [1.165, 1.54) is 38.5 Å². The molecule has 0 heterocycles. The van der Waals surface area contributed by atoms with Crippen molar-refractivity contribution in [2.45, 2.75) is 71.3 Å². The normalized spacial score (nSPS) is 29.9. The molecule has 19 heavy (non-hydrogen) atoms. The van der Waals surface area contributed by atoms with Crippen molar-refractivity contribution in [3.63, 3.8) is 0 Å². The minimum Gasteiger partial charge on any atom is -0.0851 e. The molecule has 0 aliphatic heterocycles. The number of hydrogen-bond donors (Lipinski definition) is 0. The molecule has 0 amide bonds. The van der Waals surface area contributed by atoms with E-state index in [1.54, 1.807) is 0 Å². The second-order valence-electron chi connectivity index (χ2n) is 8.06. The topological polar surface area (TPSA) is 0 Å². The van der Waals surface area contributed by atoms with Crippen molar-refractivity contribution < 1.29 is 0 Å². The fourth-order valence-corrected chi connectivity index (χ4v) is 5.50. The van der Waals surface area contributed by atoms with Gasteiger partial charge in [0.1, 0.15) is 0 Å². The molecule has 0 saturated heterocycles. The maximum Gasteiger partial charge on any atom is 0.0313 e. The summed E-state index contributed by atoms with van der Waals surface area (Å²) in [5, 5.41) is 0.383. The zero-order valence-electron chi connectivity index (χ0n) is 13.3. The molecule has 3 atom stereocenters. The van der Waals surface area contributed by atoms with Gasteiger partial charge in [0.05, 0.1) is 0 Å². The second kappa shape index (κ2) is 6.16. The highest BCUT2D eigenvalue weighted by molar-refractivity contribution is 6.15. The average molecular weight is 276 g/mol. The summed E-state index contributed by atoms with van der Waals surface area (Å²) >= 11 is 0. The van der Waals surface area contributed by atoms with Crippen LogP contribution in [-0.2, 0) is 0 Å². The van der Waals surface area contributed by atoms with Gasteiger partial charge in [-0.1, -0.05) is 46.3 Å². The van der Waals surface area contributed by atoms with Gasteiger partial charge in [0.2, 0.25) is 0 Å². The van der Waals surface area contributed by atoms with Crippen LogP contribution in [0.5, 0.6) is 0 Å². The molecule has 0 N–H and O–H groups in total. The van der Waals surface area contributed by atoms with Gasteiger partial charge >= 0.3 is 0 Å². The van der Waals surface area contributed by atoms with Gasteiger partial charge in [-0.3, -0.25) is 0 Å². The molecule has 0 aromatic rings. The molecule has 3 unspecified atom stereocenters. The average Bonchev–Trinajstić information content (AvgIpc) is 2.85. The van der Waals surface area contributed by atoms with E-state index in [1.807, 2.05) is 0 Å². The summed E-state index contributed by atoms with van der Waals surface area (Å²) in [6, 6.07) is 0. The molecular formula is C18H31Si. The van der Waals surface area contributed by atoms with Gasteiger partial charge in [-0.05, 0) is 66.7 Å². The first-order valence-corrected chi connectivity index (χ1v) is 8.81. The number of hydrogen-bond acceptors (Lipinski definition) is 0. The third-order valence-electron chi connectivity index (χ3n) is 5.01. The molecule has 107 valence electrons. The Hall–Kier alpha value is -0.0431. The van der Waals surface area contributed by atoms with E-state index in [9.17, 15) is 0 Å².